The van der Waals surface area contributed by atoms with Crippen molar-refractivity contribution in [3.05, 3.63) is 29.8 Å². The van der Waals surface area contributed by atoms with Crippen LogP contribution in [-0.2, 0) is 20.6 Å². The van der Waals surface area contributed by atoms with E-state index in [0.717, 1.165) is 5.56 Å². The van der Waals surface area contributed by atoms with Crippen molar-refractivity contribution in [1.82, 2.24) is 16.0 Å². The molecule has 0 heterocycles. The lowest BCUT2D eigenvalue weighted by Crippen LogP contribution is -2.55. The van der Waals surface area contributed by atoms with Gasteiger partial charge in [-0.2, -0.15) is 0 Å². The zero-order valence-electron chi connectivity index (χ0n) is 18.9. The second-order valence-electron chi connectivity index (χ2n) is 7.97. The highest BCUT2D eigenvalue weighted by Gasteiger charge is 2.34. The molecule has 176 valence electrons. The van der Waals surface area contributed by atoms with Gasteiger partial charge in [-0.15, -0.1) is 0 Å². The van der Waals surface area contributed by atoms with Crippen LogP contribution in [-0.4, -0.2) is 53.6 Å². The van der Waals surface area contributed by atoms with Crippen LogP contribution < -0.4 is 20.7 Å². The molecule has 0 saturated carbocycles. The fourth-order valence-corrected chi connectivity index (χ4v) is 4.20. The molecule has 0 fully saturated rings. The number of likely N-dealkylation sites (N-methyl/N-ethyl adjacent to an activating group) is 1. The molecule has 0 bridgehead atoms. The van der Waals surface area contributed by atoms with E-state index in [1.165, 1.54) is 7.05 Å². The van der Waals surface area contributed by atoms with E-state index in [9.17, 15) is 23.9 Å². The molecule has 0 spiro atoms. The minimum atomic E-state index is -4.43. The number of carbonyl (C=O) groups is 2. The van der Waals surface area contributed by atoms with E-state index in [1.807, 2.05) is 32.9 Å². The molecular weight excluding hydrogens is 421 g/mol. The lowest BCUT2D eigenvalue weighted by Gasteiger charge is -2.28. The number of hydrogen-bond acceptors (Lipinski definition) is 5. The molecule has 1 rings (SSSR count). The second-order valence-corrected chi connectivity index (χ2v) is 9.77. The Hall–Kier alpha value is -1.93. The molecule has 9 nitrogen and oxygen atoms in total. The number of ether oxygens (including phenoxy) is 1. The van der Waals surface area contributed by atoms with Crippen LogP contribution in [0.1, 0.15) is 45.6 Å². The van der Waals surface area contributed by atoms with Crippen LogP contribution in [0.5, 0.6) is 5.75 Å². The lowest BCUT2D eigenvalue weighted by atomic mass is 10.0. The van der Waals surface area contributed by atoms with E-state index in [0.29, 0.717) is 18.6 Å². The number of hydrogen-bond donors (Lipinski definition) is 5. The molecule has 0 saturated heterocycles. The summed E-state index contributed by atoms with van der Waals surface area (Å²) in [5.41, 5.74) is 0.835. The average Bonchev–Trinajstić information content (AvgIpc) is 2.71. The summed E-state index contributed by atoms with van der Waals surface area (Å²) < 4.78 is 17.0. The number of benzene rings is 1. The fourth-order valence-electron chi connectivity index (χ4n) is 3.23. The first-order valence-electron chi connectivity index (χ1n) is 10.5. The van der Waals surface area contributed by atoms with Crippen LogP contribution in [0.2, 0.25) is 0 Å². The van der Waals surface area contributed by atoms with Gasteiger partial charge in [0.1, 0.15) is 17.6 Å². The Morgan fingerprint density at radius 3 is 2.16 bits per heavy atom. The van der Waals surface area contributed by atoms with Gasteiger partial charge in [0, 0.05) is 13.5 Å². The monoisotopic (exact) mass is 457 g/mol. The highest BCUT2D eigenvalue weighted by molar-refractivity contribution is 7.52. The topological polar surface area (TPSA) is 137 Å². The van der Waals surface area contributed by atoms with Gasteiger partial charge in [-0.05, 0) is 36.5 Å². The van der Waals surface area contributed by atoms with Crippen molar-refractivity contribution in [2.45, 2.75) is 64.3 Å². The Labute approximate surface area is 184 Å². The largest absolute Gasteiger partial charge is 0.497 e. The molecule has 0 unspecified atom stereocenters. The van der Waals surface area contributed by atoms with Gasteiger partial charge in [-0.1, -0.05) is 39.3 Å². The van der Waals surface area contributed by atoms with E-state index >= 15 is 0 Å². The number of carbonyl (C=O) groups excluding carboxylic acids is 2. The molecule has 10 heteroatoms. The zero-order chi connectivity index (χ0) is 23.6. The molecule has 3 atom stereocenters. The summed E-state index contributed by atoms with van der Waals surface area (Å²) in [6, 6.07) is 5.51. The van der Waals surface area contributed by atoms with Crippen molar-refractivity contribution in [2.24, 2.45) is 5.92 Å². The Balaban J connectivity index is 3.02. The standard InChI is InChI=1S/C21H36N3O6P/c1-6-7-19(31(27,28)29)23-17(12-14(2)3)21(26)24-18(20(25)22-4)13-15-8-10-16(30-5)11-9-15/h8-11,14,17-19,23H,6-7,12-13H2,1-5H3,(H,22,25)(H,24,26)(H2,27,28,29)/t17-,18-,19+/m0/s1. The molecule has 0 radical (unpaired) electrons. The Bertz CT molecular complexity index is 750. The summed E-state index contributed by atoms with van der Waals surface area (Å²) in [6.07, 6.45) is 1.42. The number of rotatable bonds is 13. The lowest BCUT2D eigenvalue weighted by molar-refractivity contribution is -0.130. The van der Waals surface area contributed by atoms with E-state index in [1.54, 1.807) is 19.2 Å². The maximum Gasteiger partial charge on any atom is 0.342 e. The molecule has 0 aliphatic rings. The first kappa shape index (κ1) is 27.1. The predicted octanol–water partition coefficient (Wildman–Crippen LogP) is 1.78. The summed E-state index contributed by atoms with van der Waals surface area (Å²) in [4.78, 5) is 44.8. The first-order chi connectivity index (χ1) is 14.5. The smallest absolute Gasteiger partial charge is 0.342 e. The molecule has 0 aliphatic heterocycles. The van der Waals surface area contributed by atoms with Gasteiger partial charge in [0.25, 0.3) is 0 Å². The summed E-state index contributed by atoms with van der Waals surface area (Å²) in [7, 11) is -1.38. The molecule has 5 N–H and O–H groups in total. The van der Waals surface area contributed by atoms with Crippen LogP contribution >= 0.6 is 7.60 Å². The van der Waals surface area contributed by atoms with Gasteiger partial charge in [0.2, 0.25) is 11.8 Å². The minimum absolute atomic E-state index is 0.0994. The van der Waals surface area contributed by atoms with Gasteiger partial charge < -0.3 is 25.2 Å². The van der Waals surface area contributed by atoms with Crippen molar-refractivity contribution in [3.8, 4) is 5.75 Å². The maximum atomic E-state index is 13.0. The quantitative estimate of drug-likeness (QED) is 0.285. The van der Waals surface area contributed by atoms with Crippen LogP contribution in [0.25, 0.3) is 0 Å². The van der Waals surface area contributed by atoms with Gasteiger partial charge in [0.05, 0.1) is 13.2 Å². The van der Waals surface area contributed by atoms with Crippen LogP contribution in [0.3, 0.4) is 0 Å². The van der Waals surface area contributed by atoms with Gasteiger partial charge in [-0.3, -0.25) is 19.5 Å². The minimum Gasteiger partial charge on any atom is -0.497 e. The van der Waals surface area contributed by atoms with E-state index in [4.69, 9.17) is 4.74 Å². The van der Waals surface area contributed by atoms with Gasteiger partial charge >= 0.3 is 7.60 Å². The second kappa shape index (κ2) is 12.8. The summed E-state index contributed by atoms with van der Waals surface area (Å²) in [6.45, 7) is 5.65. The molecule has 1 aromatic carbocycles. The fraction of sp³-hybridized carbons (Fsp3) is 0.619. The number of nitrogens with one attached hydrogen (secondary N) is 3. The van der Waals surface area contributed by atoms with E-state index < -0.39 is 31.4 Å². The molecule has 0 aliphatic carbocycles. The highest BCUT2D eigenvalue weighted by atomic mass is 31.2. The summed E-state index contributed by atoms with van der Waals surface area (Å²) in [5, 5.41) is 8.15. The number of methoxy groups -OCH3 is 1. The third-order valence-corrected chi connectivity index (χ3v) is 6.08. The zero-order valence-corrected chi connectivity index (χ0v) is 19.8. The van der Waals surface area contributed by atoms with Gasteiger partial charge in [-0.25, -0.2) is 0 Å². The molecule has 0 aromatic heterocycles. The number of amides is 2. The Morgan fingerprint density at radius 1 is 1.10 bits per heavy atom. The van der Waals surface area contributed by atoms with Crippen LogP contribution in [0.15, 0.2) is 24.3 Å². The average molecular weight is 458 g/mol. The SMILES string of the molecule is CCC[C@H](N[C@@H](CC(C)C)C(=O)N[C@@H](Cc1ccc(OC)cc1)C(=O)NC)P(=O)(O)O. The van der Waals surface area contributed by atoms with Crippen LogP contribution in [0.4, 0.5) is 0 Å². The van der Waals surface area contributed by atoms with Crippen molar-refractivity contribution < 1.29 is 28.7 Å². The third kappa shape index (κ3) is 9.39. The molecular formula is C21H36N3O6P. The molecule has 2 amide bonds. The predicted molar refractivity (Wildman–Crippen MR) is 120 cm³/mol. The van der Waals surface area contributed by atoms with Crippen LogP contribution in [0, 0.1) is 5.92 Å². The first-order valence-corrected chi connectivity index (χ1v) is 12.2. The van der Waals surface area contributed by atoms with Crippen molar-refractivity contribution >= 4 is 19.4 Å². The summed E-state index contributed by atoms with van der Waals surface area (Å²) >= 11 is 0. The van der Waals surface area contributed by atoms with Gasteiger partial charge in [0.15, 0.2) is 0 Å². The highest BCUT2D eigenvalue weighted by Crippen LogP contribution is 2.42. The van der Waals surface area contributed by atoms with Crippen molar-refractivity contribution in [1.29, 1.82) is 0 Å². The Morgan fingerprint density at radius 2 is 1.71 bits per heavy atom. The summed E-state index contributed by atoms with van der Waals surface area (Å²) in [5.74, 6) is -1.16. The Kier molecular flexibility index (Phi) is 11.2. The molecule has 1 aromatic rings. The maximum absolute atomic E-state index is 13.0. The van der Waals surface area contributed by atoms with E-state index in [2.05, 4.69) is 16.0 Å². The van der Waals surface area contributed by atoms with E-state index in [-0.39, 0.29) is 24.7 Å². The van der Waals surface area contributed by atoms with Crippen molar-refractivity contribution in [2.75, 3.05) is 14.2 Å². The normalized spacial score (nSPS) is 14.6. The molecule has 31 heavy (non-hydrogen) atoms. The third-order valence-electron chi connectivity index (χ3n) is 4.86. The van der Waals surface area contributed by atoms with Crippen molar-refractivity contribution in [3.63, 3.8) is 0 Å².